The molecule has 110 valence electrons. The molecule has 11 nitrogen and oxygen atoms in total. The third-order valence-corrected chi connectivity index (χ3v) is 2.95. The second kappa shape index (κ2) is 5.13. The Balaban J connectivity index is 2.50. The molecule has 20 heavy (non-hydrogen) atoms. The minimum atomic E-state index is -1.51. The van der Waals surface area contributed by atoms with Crippen LogP contribution in [0.25, 0.3) is 0 Å². The Kier molecular flexibility index (Phi) is 3.67. The van der Waals surface area contributed by atoms with E-state index in [1.54, 1.807) is 0 Å². The van der Waals surface area contributed by atoms with E-state index >= 15 is 0 Å². The van der Waals surface area contributed by atoms with Crippen molar-refractivity contribution in [2.24, 2.45) is 0 Å². The van der Waals surface area contributed by atoms with E-state index in [4.69, 9.17) is 21.3 Å². The van der Waals surface area contributed by atoms with E-state index < -0.39 is 47.5 Å². The fourth-order valence-electron chi connectivity index (χ4n) is 2.02. The molecular formula is C9H13N5O6. The predicted octanol–water partition coefficient (Wildman–Crippen LogP) is -2.30. The highest BCUT2D eigenvalue weighted by Gasteiger charge is 2.47. The van der Waals surface area contributed by atoms with Gasteiger partial charge in [-0.2, -0.15) is 4.98 Å². The van der Waals surface area contributed by atoms with Crippen molar-refractivity contribution >= 4 is 17.5 Å². The van der Waals surface area contributed by atoms with Gasteiger partial charge in [-0.25, -0.2) is 4.98 Å². The Morgan fingerprint density at radius 2 is 1.95 bits per heavy atom. The number of nitrogens with zero attached hydrogens (tertiary/aromatic N) is 3. The number of hydrogen-bond acceptors (Lipinski definition) is 10. The summed E-state index contributed by atoms with van der Waals surface area (Å²) in [5, 5.41) is 39.5. The van der Waals surface area contributed by atoms with Crippen molar-refractivity contribution in [3.63, 3.8) is 0 Å². The van der Waals surface area contributed by atoms with Crippen LogP contribution in [0.3, 0.4) is 0 Å². The molecule has 0 aromatic carbocycles. The fraction of sp³-hybridized carbons (Fsp3) is 0.556. The summed E-state index contributed by atoms with van der Waals surface area (Å²) in [5.41, 5.74) is 9.78. The zero-order valence-electron chi connectivity index (χ0n) is 10.1. The number of aliphatic hydroxyl groups is 3. The van der Waals surface area contributed by atoms with Gasteiger partial charge in [0.2, 0.25) is 11.8 Å². The van der Waals surface area contributed by atoms with Crippen LogP contribution in [-0.4, -0.2) is 55.1 Å². The van der Waals surface area contributed by atoms with Crippen molar-refractivity contribution in [3.8, 4) is 0 Å². The van der Waals surface area contributed by atoms with Gasteiger partial charge in [-0.3, -0.25) is 10.1 Å². The summed E-state index contributed by atoms with van der Waals surface area (Å²) in [4.78, 5) is 17.3. The Bertz CT molecular complexity index is 540. The molecule has 1 aliphatic heterocycles. The van der Waals surface area contributed by atoms with E-state index in [2.05, 4.69) is 9.97 Å². The van der Waals surface area contributed by atoms with Crippen LogP contribution in [-0.2, 0) is 4.74 Å². The molecule has 0 aliphatic carbocycles. The van der Waals surface area contributed by atoms with Crippen LogP contribution in [0.4, 0.5) is 17.5 Å². The highest BCUT2D eigenvalue weighted by atomic mass is 16.6. The van der Waals surface area contributed by atoms with E-state index in [0.717, 1.165) is 0 Å². The third kappa shape index (κ3) is 2.22. The average Bonchev–Trinajstić information content (AvgIpc) is 2.64. The van der Waals surface area contributed by atoms with Crippen LogP contribution in [0, 0.1) is 10.1 Å². The van der Waals surface area contributed by atoms with Crippen molar-refractivity contribution in [2.45, 2.75) is 24.4 Å². The summed E-state index contributed by atoms with van der Waals surface area (Å²) in [6.45, 7) is -0.571. The van der Waals surface area contributed by atoms with Gasteiger partial charge in [0, 0.05) is 0 Å². The molecule has 4 atom stereocenters. The predicted molar refractivity (Wildman–Crippen MR) is 64.2 cm³/mol. The van der Waals surface area contributed by atoms with Crippen LogP contribution >= 0.6 is 0 Å². The maximum absolute atomic E-state index is 11.0. The van der Waals surface area contributed by atoms with Crippen molar-refractivity contribution in [1.82, 2.24) is 9.97 Å². The van der Waals surface area contributed by atoms with Crippen molar-refractivity contribution in [1.29, 1.82) is 0 Å². The van der Waals surface area contributed by atoms with Crippen molar-refractivity contribution in [2.75, 3.05) is 18.1 Å². The maximum atomic E-state index is 11.0. The molecule has 0 amide bonds. The van der Waals surface area contributed by atoms with Crippen molar-refractivity contribution in [3.05, 3.63) is 15.8 Å². The SMILES string of the molecule is Nc1nc(N)c([N+](=O)[O-])c([C@@H]2O[C@H](CO)[C@@H](O)[C@H]2O)n1. The molecule has 2 heterocycles. The first-order valence-electron chi connectivity index (χ1n) is 5.56. The van der Waals surface area contributed by atoms with Crippen LogP contribution < -0.4 is 11.5 Å². The first kappa shape index (κ1) is 14.3. The van der Waals surface area contributed by atoms with Gasteiger partial charge in [0.05, 0.1) is 11.5 Å². The second-order valence-electron chi connectivity index (χ2n) is 4.22. The van der Waals surface area contributed by atoms with Crippen LogP contribution in [0.5, 0.6) is 0 Å². The van der Waals surface area contributed by atoms with Gasteiger partial charge in [-0.1, -0.05) is 0 Å². The Morgan fingerprint density at radius 3 is 2.45 bits per heavy atom. The molecule has 1 fully saturated rings. The largest absolute Gasteiger partial charge is 0.394 e. The molecule has 0 unspecified atom stereocenters. The van der Waals surface area contributed by atoms with Gasteiger partial charge < -0.3 is 31.5 Å². The summed E-state index contributed by atoms with van der Waals surface area (Å²) in [6.07, 6.45) is -5.36. The van der Waals surface area contributed by atoms with Gasteiger partial charge in [-0.05, 0) is 0 Å². The standard InChI is InChI=1S/C9H13N5O6/c10-8-4(14(18)19)3(12-9(11)13-8)7-6(17)5(16)2(1-15)20-7/h2,5-7,15-17H,1H2,(H4,10,11,12,13)/t2-,5-,6-,7+/m1/s1. The minimum absolute atomic E-state index is 0.333. The van der Waals surface area contributed by atoms with Crippen molar-refractivity contribution < 1.29 is 25.0 Å². The zero-order valence-corrected chi connectivity index (χ0v) is 10.1. The molecule has 1 saturated heterocycles. The second-order valence-corrected chi connectivity index (χ2v) is 4.22. The van der Waals surface area contributed by atoms with Gasteiger partial charge >= 0.3 is 5.69 Å². The number of hydrogen-bond donors (Lipinski definition) is 5. The molecule has 1 aliphatic rings. The number of nitrogen functional groups attached to an aromatic ring is 2. The lowest BCUT2D eigenvalue weighted by molar-refractivity contribution is -0.385. The summed E-state index contributed by atoms with van der Waals surface area (Å²) in [7, 11) is 0. The third-order valence-electron chi connectivity index (χ3n) is 2.95. The first-order chi connectivity index (χ1) is 9.36. The molecule has 0 radical (unpaired) electrons. The van der Waals surface area contributed by atoms with E-state index in [9.17, 15) is 20.3 Å². The molecule has 0 saturated carbocycles. The minimum Gasteiger partial charge on any atom is -0.394 e. The van der Waals surface area contributed by atoms with Gasteiger partial charge in [0.25, 0.3) is 0 Å². The number of aromatic nitrogens is 2. The van der Waals surface area contributed by atoms with E-state index in [1.165, 1.54) is 0 Å². The number of anilines is 2. The number of aliphatic hydroxyl groups excluding tert-OH is 3. The molecule has 2 rings (SSSR count). The lowest BCUT2D eigenvalue weighted by Crippen LogP contribution is -2.32. The summed E-state index contributed by atoms with van der Waals surface area (Å²) in [6, 6.07) is 0. The van der Waals surface area contributed by atoms with Gasteiger partial charge in [-0.15, -0.1) is 0 Å². The topological polar surface area (TPSA) is 191 Å². The quantitative estimate of drug-likeness (QED) is 0.298. The Labute approximate surface area is 112 Å². The molecule has 11 heteroatoms. The van der Waals surface area contributed by atoms with Gasteiger partial charge in [0.1, 0.15) is 24.4 Å². The molecule has 1 aromatic rings. The Hall–Kier alpha value is -2.08. The lowest BCUT2D eigenvalue weighted by Gasteiger charge is -2.14. The van der Waals surface area contributed by atoms with Gasteiger partial charge in [0.15, 0.2) is 5.69 Å². The van der Waals surface area contributed by atoms with E-state index in [0.29, 0.717) is 0 Å². The van der Waals surface area contributed by atoms with E-state index in [1.807, 2.05) is 0 Å². The highest BCUT2D eigenvalue weighted by Crippen LogP contribution is 2.38. The summed E-state index contributed by atoms with van der Waals surface area (Å²) in [5.74, 6) is -0.809. The number of ether oxygens (including phenoxy) is 1. The number of rotatable bonds is 3. The fourth-order valence-corrected chi connectivity index (χ4v) is 2.02. The molecule has 0 spiro atoms. The lowest BCUT2D eigenvalue weighted by atomic mass is 10.0. The average molecular weight is 287 g/mol. The summed E-state index contributed by atoms with van der Waals surface area (Å²) < 4.78 is 5.17. The van der Waals surface area contributed by atoms with Crippen LogP contribution in [0.2, 0.25) is 0 Å². The normalized spacial score (nSPS) is 29.6. The monoisotopic (exact) mass is 287 g/mol. The molecule has 0 bridgehead atoms. The number of nitrogens with two attached hydrogens (primary N) is 2. The Morgan fingerprint density at radius 1 is 1.30 bits per heavy atom. The molecular weight excluding hydrogens is 274 g/mol. The molecule has 7 N–H and O–H groups in total. The smallest absolute Gasteiger partial charge is 0.335 e. The van der Waals surface area contributed by atoms with Crippen LogP contribution in [0.15, 0.2) is 0 Å². The summed E-state index contributed by atoms with van der Waals surface area (Å²) >= 11 is 0. The zero-order chi connectivity index (χ0) is 15.0. The highest BCUT2D eigenvalue weighted by molar-refractivity contribution is 5.58. The van der Waals surface area contributed by atoms with Crippen LogP contribution in [0.1, 0.15) is 11.8 Å². The maximum Gasteiger partial charge on any atom is 0.335 e. The number of nitro groups is 1. The first-order valence-corrected chi connectivity index (χ1v) is 5.56. The van der Waals surface area contributed by atoms with E-state index in [-0.39, 0.29) is 11.6 Å². The molecule has 1 aromatic heterocycles.